The van der Waals surface area contributed by atoms with Crippen molar-refractivity contribution < 1.29 is 9.90 Å². The molecule has 2 aromatic carbocycles. The molecule has 23 heavy (non-hydrogen) atoms. The van der Waals surface area contributed by atoms with Gasteiger partial charge in [-0.05, 0) is 38.5 Å². The summed E-state index contributed by atoms with van der Waals surface area (Å²) in [7, 11) is 0. The Hall–Kier alpha value is -2.88. The van der Waals surface area contributed by atoms with Crippen molar-refractivity contribution in [3.05, 3.63) is 70.9 Å². The van der Waals surface area contributed by atoms with Crippen molar-refractivity contribution in [2.45, 2.75) is 20.8 Å². The van der Waals surface area contributed by atoms with E-state index in [9.17, 15) is 9.90 Å². The summed E-state index contributed by atoms with van der Waals surface area (Å²) in [6.45, 7) is 5.98. The highest BCUT2D eigenvalue weighted by atomic mass is 16.4. The van der Waals surface area contributed by atoms with Crippen LogP contribution in [-0.2, 0) is 0 Å². The first-order chi connectivity index (χ1) is 11.0. The lowest BCUT2D eigenvalue weighted by atomic mass is 10.1. The molecule has 0 aliphatic heterocycles. The Morgan fingerprint density at radius 3 is 2.22 bits per heavy atom. The van der Waals surface area contributed by atoms with Crippen LogP contribution < -0.4 is 0 Å². The van der Waals surface area contributed by atoms with E-state index >= 15 is 0 Å². The van der Waals surface area contributed by atoms with Crippen LogP contribution in [0, 0.1) is 20.8 Å². The molecule has 0 aliphatic carbocycles. The second kappa shape index (κ2) is 5.72. The lowest BCUT2D eigenvalue weighted by molar-refractivity contribution is 0.0687. The molecule has 0 spiro atoms. The van der Waals surface area contributed by atoms with Gasteiger partial charge in [-0.3, -0.25) is 0 Å². The average Bonchev–Trinajstić information content (AvgIpc) is 2.93. The van der Waals surface area contributed by atoms with Crippen molar-refractivity contribution in [3.63, 3.8) is 0 Å². The molecule has 116 valence electrons. The Morgan fingerprint density at radius 2 is 1.61 bits per heavy atom. The molecule has 1 N–H and O–H groups in total. The van der Waals surface area contributed by atoms with E-state index in [1.54, 1.807) is 6.07 Å². The molecule has 0 radical (unpaired) electrons. The first-order valence-corrected chi connectivity index (χ1v) is 7.44. The molecule has 4 nitrogen and oxygen atoms in total. The number of carboxylic acids is 1. The summed E-state index contributed by atoms with van der Waals surface area (Å²) in [4.78, 5) is 11.6. The van der Waals surface area contributed by atoms with Crippen molar-refractivity contribution in [1.29, 1.82) is 0 Å². The van der Waals surface area contributed by atoms with Gasteiger partial charge < -0.3 is 5.11 Å². The lowest BCUT2D eigenvalue weighted by Gasteiger charge is -2.09. The topological polar surface area (TPSA) is 55.1 Å². The Morgan fingerprint density at radius 1 is 0.957 bits per heavy atom. The van der Waals surface area contributed by atoms with E-state index in [4.69, 9.17) is 0 Å². The number of hydrogen-bond donors (Lipinski definition) is 1. The zero-order valence-electron chi connectivity index (χ0n) is 13.4. The van der Waals surface area contributed by atoms with Crippen LogP contribution in [0.5, 0.6) is 0 Å². The first kappa shape index (κ1) is 15.0. The summed E-state index contributed by atoms with van der Waals surface area (Å²) >= 11 is 0. The van der Waals surface area contributed by atoms with Crippen LogP contribution in [0.3, 0.4) is 0 Å². The molecule has 3 rings (SSSR count). The quantitative estimate of drug-likeness (QED) is 0.790. The molecular weight excluding hydrogens is 288 g/mol. The van der Waals surface area contributed by atoms with Crippen molar-refractivity contribution >= 4 is 5.97 Å². The van der Waals surface area contributed by atoms with Gasteiger partial charge in [0.1, 0.15) is 0 Å². The standard InChI is InChI=1S/C19H18N2O2/c1-12-4-7-15(8-5-12)16-11-18(19(22)23)21(20-16)17-9-6-13(2)10-14(17)3/h4-11H,1-3H3,(H,22,23). The molecule has 0 aliphatic rings. The van der Waals surface area contributed by atoms with Gasteiger partial charge in [-0.1, -0.05) is 47.5 Å². The van der Waals surface area contributed by atoms with Crippen LogP contribution in [0.2, 0.25) is 0 Å². The number of benzene rings is 2. The summed E-state index contributed by atoms with van der Waals surface area (Å²) in [6.07, 6.45) is 0. The molecule has 0 saturated heterocycles. The number of aromatic carboxylic acids is 1. The highest BCUT2D eigenvalue weighted by molar-refractivity contribution is 5.88. The monoisotopic (exact) mass is 306 g/mol. The van der Waals surface area contributed by atoms with Crippen LogP contribution in [0.15, 0.2) is 48.5 Å². The van der Waals surface area contributed by atoms with E-state index in [0.29, 0.717) is 5.69 Å². The Labute approximate surface area is 135 Å². The van der Waals surface area contributed by atoms with E-state index in [1.165, 1.54) is 4.68 Å². The maximum atomic E-state index is 11.6. The van der Waals surface area contributed by atoms with E-state index < -0.39 is 5.97 Å². The molecule has 1 heterocycles. The third kappa shape index (κ3) is 2.88. The predicted molar refractivity (Wildman–Crippen MR) is 90.2 cm³/mol. The molecule has 1 aromatic heterocycles. The van der Waals surface area contributed by atoms with Gasteiger partial charge in [0.15, 0.2) is 5.69 Å². The number of carbonyl (C=O) groups is 1. The Kier molecular flexibility index (Phi) is 3.74. The largest absolute Gasteiger partial charge is 0.477 e. The maximum absolute atomic E-state index is 11.6. The van der Waals surface area contributed by atoms with Crippen LogP contribution in [0.4, 0.5) is 0 Å². The zero-order valence-corrected chi connectivity index (χ0v) is 13.4. The van der Waals surface area contributed by atoms with Crippen LogP contribution >= 0.6 is 0 Å². The zero-order chi connectivity index (χ0) is 16.6. The van der Waals surface area contributed by atoms with Gasteiger partial charge in [0.2, 0.25) is 0 Å². The van der Waals surface area contributed by atoms with Crippen molar-refractivity contribution in [2.24, 2.45) is 0 Å². The normalized spacial score (nSPS) is 10.7. The van der Waals surface area contributed by atoms with Gasteiger partial charge in [0.25, 0.3) is 0 Å². The SMILES string of the molecule is Cc1ccc(-c2cc(C(=O)O)n(-c3ccc(C)cc3C)n2)cc1. The fourth-order valence-electron chi connectivity index (χ4n) is 2.63. The fraction of sp³-hybridized carbons (Fsp3) is 0.158. The minimum Gasteiger partial charge on any atom is -0.477 e. The molecule has 0 amide bonds. The number of aromatic nitrogens is 2. The van der Waals surface area contributed by atoms with Crippen molar-refractivity contribution in [3.8, 4) is 16.9 Å². The van der Waals surface area contributed by atoms with Crippen LogP contribution in [0.25, 0.3) is 16.9 Å². The molecule has 0 saturated carbocycles. The van der Waals surface area contributed by atoms with Gasteiger partial charge in [-0.15, -0.1) is 0 Å². The van der Waals surface area contributed by atoms with Crippen molar-refractivity contribution in [2.75, 3.05) is 0 Å². The molecule has 3 aromatic rings. The fourth-order valence-corrected chi connectivity index (χ4v) is 2.63. The highest BCUT2D eigenvalue weighted by Gasteiger charge is 2.17. The summed E-state index contributed by atoms with van der Waals surface area (Å²) < 4.78 is 1.51. The third-order valence-electron chi connectivity index (χ3n) is 3.86. The Bertz CT molecular complexity index is 877. The minimum atomic E-state index is -0.990. The molecule has 0 bridgehead atoms. The number of carboxylic acid groups (broad SMARTS) is 1. The third-order valence-corrected chi connectivity index (χ3v) is 3.86. The number of aryl methyl sites for hydroxylation is 3. The molecule has 0 fully saturated rings. The second-order valence-corrected chi connectivity index (χ2v) is 5.79. The van der Waals surface area contributed by atoms with Gasteiger partial charge in [-0.2, -0.15) is 5.10 Å². The smallest absolute Gasteiger partial charge is 0.354 e. The lowest BCUT2D eigenvalue weighted by Crippen LogP contribution is -2.09. The summed E-state index contributed by atoms with van der Waals surface area (Å²) in [5.41, 5.74) is 5.78. The first-order valence-electron chi connectivity index (χ1n) is 7.44. The predicted octanol–water partition coefficient (Wildman–Crippen LogP) is 4.16. The molecular formula is C19H18N2O2. The number of hydrogen-bond acceptors (Lipinski definition) is 2. The molecule has 0 unspecified atom stereocenters. The highest BCUT2D eigenvalue weighted by Crippen LogP contribution is 2.24. The number of rotatable bonds is 3. The average molecular weight is 306 g/mol. The van der Waals surface area contributed by atoms with Crippen molar-refractivity contribution in [1.82, 2.24) is 9.78 Å². The second-order valence-electron chi connectivity index (χ2n) is 5.79. The van der Waals surface area contributed by atoms with Gasteiger partial charge >= 0.3 is 5.97 Å². The summed E-state index contributed by atoms with van der Waals surface area (Å²) in [5, 5.41) is 14.0. The minimum absolute atomic E-state index is 0.160. The molecule has 4 heteroatoms. The van der Waals surface area contributed by atoms with E-state index in [2.05, 4.69) is 5.10 Å². The van der Waals surface area contributed by atoms with Crippen LogP contribution in [0.1, 0.15) is 27.2 Å². The van der Waals surface area contributed by atoms with E-state index in [1.807, 2.05) is 63.2 Å². The molecule has 0 atom stereocenters. The van der Waals surface area contributed by atoms with Gasteiger partial charge in [0.05, 0.1) is 11.4 Å². The summed E-state index contributed by atoms with van der Waals surface area (Å²) in [6, 6.07) is 15.4. The summed E-state index contributed by atoms with van der Waals surface area (Å²) in [5.74, 6) is -0.990. The number of nitrogens with zero attached hydrogens (tertiary/aromatic N) is 2. The van der Waals surface area contributed by atoms with Crippen LogP contribution in [-0.4, -0.2) is 20.9 Å². The van der Waals surface area contributed by atoms with E-state index in [0.717, 1.165) is 27.9 Å². The maximum Gasteiger partial charge on any atom is 0.354 e. The van der Waals surface area contributed by atoms with E-state index in [-0.39, 0.29) is 5.69 Å². The van der Waals surface area contributed by atoms with Gasteiger partial charge in [0, 0.05) is 5.56 Å². The van der Waals surface area contributed by atoms with Gasteiger partial charge in [-0.25, -0.2) is 9.48 Å². The Balaban J connectivity index is 2.16.